The Kier molecular flexibility index (Phi) is 1.23. The quantitative estimate of drug-likeness (QED) is 0.540. The minimum atomic E-state index is -0.787. The van der Waals surface area contributed by atoms with Crippen LogP contribution >= 0.6 is 0 Å². The molecular weight excluding hydrogens is 155 g/mol. The molecule has 0 N–H and O–H groups in total. The molecule has 0 aromatic heterocycles. The highest BCUT2D eigenvalue weighted by atomic mass is 19.1. The highest BCUT2D eigenvalue weighted by molar-refractivity contribution is 5.86. The third kappa shape index (κ3) is 0.711. The molecule has 0 saturated heterocycles. The molecule has 0 spiro atoms. The van der Waals surface area contributed by atoms with E-state index in [9.17, 15) is 9.18 Å². The van der Waals surface area contributed by atoms with Gasteiger partial charge in [-0.25, -0.2) is 4.39 Å². The number of hydrogen-bond acceptors (Lipinski definition) is 1. The molecule has 0 radical (unpaired) electrons. The largest absolute Gasteiger partial charge is 0.299 e. The van der Waals surface area contributed by atoms with Gasteiger partial charge in [-0.05, 0) is 37.5 Å². The SMILES string of the molecule is O=C1[C@H]2C[C@@H]3C[C@H](C2)[C@@H](F)[C@H]1C3. The van der Waals surface area contributed by atoms with Crippen molar-refractivity contribution < 1.29 is 9.18 Å². The highest BCUT2D eigenvalue weighted by Crippen LogP contribution is 2.52. The first-order chi connectivity index (χ1) is 5.75. The molecule has 0 aromatic carbocycles. The van der Waals surface area contributed by atoms with Crippen molar-refractivity contribution in [3.8, 4) is 0 Å². The van der Waals surface area contributed by atoms with E-state index in [-0.39, 0.29) is 23.5 Å². The first-order valence-electron chi connectivity index (χ1n) is 4.93. The first-order valence-corrected chi connectivity index (χ1v) is 4.93. The van der Waals surface area contributed by atoms with Crippen LogP contribution in [-0.2, 0) is 4.79 Å². The van der Waals surface area contributed by atoms with Gasteiger partial charge < -0.3 is 0 Å². The Morgan fingerprint density at radius 3 is 2.83 bits per heavy atom. The maximum absolute atomic E-state index is 13.5. The van der Waals surface area contributed by atoms with Gasteiger partial charge in [-0.1, -0.05) is 0 Å². The van der Waals surface area contributed by atoms with Gasteiger partial charge in [0.05, 0.1) is 0 Å². The lowest BCUT2D eigenvalue weighted by Gasteiger charge is -2.50. The van der Waals surface area contributed by atoms with Gasteiger partial charge in [0.25, 0.3) is 0 Å². The average Bonchev–Trinajstić information content (AvgIpc) is 2.07. The standard InChI is InChI=1S/C10H13FO/c11-9-6-1-5-2-7(4-6)10(12)8(9)3-5/h5-9H,1-4H2/t5-,6+,7-,8+,9+/m0/s1. The Bertz CT molecular complexity index is 238. The van der Waals surface area contributed by atoms with E-state index >= 15 is 0 Å². The first kappa shape index (κ1) is 7.05. The van der Waals surface area contributed by atoms with E-state index in [4.69, 9.17) is 0 Å². The molecule has 4 fully saturated rings. The summed E-state index contributed by atoms with van der Waals surface area (Å²) in [6, 6.07) is 0. The number of ketones is 1. The van der Waals surface area contributed by atoms with E-state index in [0.29, 0.717) is 5.92 Å². The van der Waals surface area contributed by atoms with Gasteiger partial charge in [-0.2, -0.15) is 0 Å². The Morgan fingerprint density at radius 2 is 2.00 bits per heavy atom. The zero-order valence-electron chi connectivity index (χ0n) is 7.00. The predicted octanol–water partition coefficient (Wildman–Crippen LogP) is 1.96. The molecule has 12 heavy (non-hydrogen) atoms. The second-order valence-corrected chi connectivity index (χ2v) is 4.72. The van der Waals surface area contributed by atoms with Crippen LogP contribution in [0.3, 0.4) is 0 Å². The maximum atomic E-state index is 13.5. The molecule has 66 valence electrons. The Balaban J connectivity index is 1.98. The Morgan fingerprint density at radius 1 is 1.17 bits per heavy atom. The van der Waals surface area contributed by atoms with Crippen LogP contribution in [0.4, 0.5) is 4.39 Å². The predicted molar refractivity (Wildman–Crippen MR) is 42.3 cm³/mol. The summed E-state index contributed by atoms with van der Waals surface area (Å²) < 4.78 is 13.5. The summed E-state index contributed by atoms with van der Waals surface area (Å²) in [5.74, 6) is 1.23. The summed E-state index contributed by atoms with van der Waals surface area (Å²) in [4.78, 5) is 11.5. The smallest absolute Gasteiger partial charge is 0.141 e. The van der Waals surface area contributed by atoms with Gasteiger partial charge in [0.1, 0.15) is 12.0 Å². The van der Waals surface area contributed by atoms with Crippen LogP contribution in [-0.4, -0.2) is 12.0 Å². The fraction of sp³-hybridized carbons (Fsp3) is 0.900. The van der Waals surface area contributed by atoms with Gasteiger partial charge in [0.15, 0.2) is 0 Å². The van der Waals surface area contributed by atoms with E-state index < -0.39 is 6.17 Å². The van der Waals surface area contributed by atoms with Crippen molar-refractivity contribution in [2.75, 3.05) is 0 Å². The van der Waals surface area contributed by atoms with Gasteiger partial charge in [0, 0.05) is 11.8 Å². The van der Waals surface area contributed by atoms with Crippen LogP contribution < -0.4 is 0 Å². The molecule has 4 saturated carbocycles. The third-order valence-electron chi connectivity index (χ3n) is 4.03. The number of carbonyl (C=O) groups excluding carboxylic acids is 1. The average molecular weight is 168 g/mol. The summed E-state index contributed by atoms with van der Waals surface area (Å²) in [6.45, 7) is 0. The molecule has 0 unspecified atom stereocenters. The van der Waals surface area contributed by atoms with Gasteiger partial charge >= 0.3 is 0 Å². The van der Waals surface area contributed by atoms with Crippen molar-refractivity contribution in [3.63, 3.8) is 0 Å². The molecule has 4 aliphatic rings. The van der Waals surface area contributed by atoms with Crippen LogP contribution in [0.1, 0.15) is 25.7 Å². The molecule has 4 rings (SSSR count). The fourth-order valence-corrected chi connectivity index (χ4v) is 3.56. The fourth-order valence-electron chi connectivity index (χ4n) is 3.56. The lowest BCUT2D eigenvalue weighted by atomic mass is 9.55. The molecule has 0 heterocycles. The van der Waals surface area contributed by atoms with E-state index in [0.717, 1.165) is 25.7 Å². The van der Waals surface area contributed by atoms with Gasteiger partial charge in [-0.15, -0.1) is 0 Å². The summed E-state index contributed by atoms with van der Waals surface area (Å²) in [5.41, 5.74) is 0. The van der Waals surface area contributed by atoms with Crippen LogP contribution in [0.15, 0.2) is 0 Å². The maximum Gasteiger partial charge on any atom is 0.141 e. The highest BCUT2D eigenvalue weighted by Gasteiger charge is 2.53. The Labute approximate surface area is 71.3 Å². The van der Waals surface area contributed by atoms with Gasteiger partial charge in [0.2, 0.25) is 0 Å². The monoisotopic (exact) mass is 168 g/mol. The normalized spacial score (nSPS) is 56.4. The second kappa shape index (κ2) is 2.09. The zero-order chi connectivity index (χ0) is 8.29. The lowest BCUT2D eigenvalue weighted by Crippen LogP contribution is -2.52. The van der Waals surface area contributed by atoms with Crippen molar-refractivity contribution in [1.82, 2.24) is 0 Å². The molecule has 1 nitrogen and oxygen atoms in total. The third-order valence-corrected chi connectivity index (χ3v) is 4.03. The van der Waals surface area contributed by atoms with E-state index in [1.807, 2.05) is 0 Å². The van der Waals surface area contributed by atoms with Crippen LogP contribution in [0.25, 0.3) is 0 Å². The van der Waals surface area contributed by atoms with E-state index in [1.54, 1.807) is 0 Å². The summed E-state index contributed by atoms with van der Waals surface area (Å²) in [7, 11) is 0. The summed E-state index contributed by atoms with van der Waals surface area (Å²) in [6.07, 6.45) is 3.05. The topological polar surface area (TPSA) is 17.1 Å². The number of hydrogen-bond donors (Lipinski definition) is 0. The summed E-state index contributed by atoms with van der Waals surface area (Å²) >= 11 is 0. The minimum absolute atomic E-state index is 0.193. The van der Waals surface area contributed by atoms with E-state index in [1.165, 1.54) is 0 Å². The van der Waals surface area contributed by atoms with Crippen LogP contribution in [0.2, 0.25) is 0 Å². The van der Waals surface area contributed by atoms with Crippen LogP contribution in [0, 0.1) is 23.7 Å². The molecule has 2 heteroatoms. The molecule has 5 atom stereocenters. The number of halogens is 1. The number of carbonyl (C=O) groups is 1. The van der Waals surface area contributed by atoms with Crippen molar-refractivity contribution >= 4 is 5.78 Å². The number of Topliss-reactive ketones (excluding diaryl/α,β-unsaturated/α-hetero) is 1. The summed E-state index contributed by atoms with van der Waals surface area (Å²) in [5, 5.41) is 0. The van der Waals surface area contributed by atoms with Gasteiger partial charge in [-0.3, -0.25) is 4.79 Å². The molecule has 4 aliphatic carbocycles. The van der Waals surface area contributed by atoms with Crippen molar-refractivity contribution in [3.05, 3.63) is 0 Å². The number of rotatable bonds is 0. The van der Waals surface area contributed by atoms with Crippen molar-refractivity contribution in [2.24, 2.45) is 23.7 Å². The van der Waals surface area contributed by atoms with Crippen molar-refractivity contribution in [2.45, 2.75) is 31.9 Å². The van der Waals surface area contributed by atoms with E-state index in [2.05, 4.69) is 0 Å². The Hall–Kier alpha value is -0.400. The lowest BCUT2D eigenvalue weighted by molar-refractivity contribution is -0.147. The molecule has 0 aromatic rings. The zero-order valence-corrected chi connectivity index (χ0v) is 7.00. The minimum Gasteiger partial charge on any atom is -0.299 e. The van der Waals surface area contributed by atoms with Crippen molar-refractivity contribution in [1.29, 1.82) is 0 Å². The molecule has 4 bridgehead atoms. The second-order valence-electron chi connectivity index (χ2n) is 4.72. The molecular formula is C10H13FO. The van der Waals surface area contributed by atoms with Crippen LogP contribution in [0.5, 0.6) is 0 Å². The molecule has 0 aliphatic heterocycles. The number of alkyl halides is 1. The molecule has 0 amide bonds.